The molecule has 0 saturated carbocycles. The number of nitrogens with zero attached hydrogens (tertiary/aromatic N) is 2. The summed E-state index contributed by atoms with van der Waals surface area (Å²) >= 11 is 3.64. The maximum Gasteiger partial charge on any atom is 0.233 e. The van der Waals surface area contributed by atoms with Gasteiger partial charge < -0.3 is 9.88 Å². The monoisotopic (exact) mass is 687 g/mol. The van der Waals surface area contributed by atoms with Crippen molar-refractivity contribution >= 4 is 50.8 Å². The number of thioether (sulfide) groups is 1. The summed E-state index contributed by atoms with van der Waals surface area (Å²) < 4.78 is 0. The van der Waals surface area contributed by atoms with E-state index in [4.69, 9.17) is 0 Å². The summed E-state index contributed by atoms with van der Waals surface area (Å²) in [6.45, 7) is 10.4. The van der Waals surface area contributed by atoms with E-state index in [9.17, 15) is 14.4 Å². The molecule has 2 aromatic heterocycles. The zero-order chi connectivity index (χ0) is 33.6. The quantitative estimate of drug-likeness (QED) is 0.228. The lowest BCUT2D eigenvalue weighted by Gasteiger charge is -2.32. The van der Waals surface area contributed by atoms with E-state index in [0.717, 1.165) is 102 Å². The number of likely N-dealkylation sites (tertiary alicyclic amines) is 1. The molecule has 6 heterocycles. The molecule has 8 heteroatoms. The number of thiophene rings is 1. The second kappa shape index (κ2) is 14.1. The van der Waals surface area contributed by atoms with Crippen LogP contribution in [0.15, 0.2) is 24.3 Å². The number of hydrogen-bond acceptors (Lipinski definition) is 6. The Bertz CT molecular complexity index is 1630. The Morgan fingerprint density at radius 3 is 2.23 bits per heavy atom. The van der Waals surface area contributed by atoms with E-state index >= 15 is 0 Å². The highest BCUT2D eigenvalue weighted by molar-refractivity contribution is 7.99. The summed E-state index contributed by atoms with van der Waals surface area (Å²) in [7, 11) is 0. The zero-order valence-electron chi connectivity index (χ0n) is 29.4. The van der Waals surface area contributed by atoms with E-state index in [2.05, 4.69) is 66.7 Å². The van der Waals surface area contributed by atoms with E-state index in [0.29, 0.717) is 36.8 Å². The predicted molar refractivity (Wildman–Crippen MR) is 199 cm³/mol. The molecule has 7 rings (SSSR count). The van der Waals surface area contributed by atoms with Crippen LogP contribution >= 0.6 is 23.1 Å². The molecule has 1 atom stereocenters. The molecule has 1 unspecified atom stereocenters. The molecular weight excluding hydrogens is 635 g/mol. The number of carbonyl (C=O) groups is 3. The van der Waals surface area contributed by atoms with Gasteiger partial charge in [0.1, 0.15) is 10.6 Å². The first-order valence-corrected chi connectivity index (χ1v) is 20.5. The van der Waals surface area contributed by atoms with Crippen LogP contribution in [0.4, 0.5) is 0 Å². The van der Waals surface area contributed by atoms with Crippen molar-refractivity contribution in [3.63, 3.8) is 0 Å². The molecule has 4 aliphatic heterocycles. The highest BCUT2D eigenvalue weighted by Crippen LogP contribution is 2.45. The van der Waals surface area contributed by atoms with E-state index in [1.165, 1.54) is 29.7 Å². The third kappa shape index (κ3) is 6.83. The largest absolute Gasteiger partial charge is 0.346 e. The molecule has 258 valence electrons. The molecule has 1 aromatic carbocycles. The summed E-state index contributed by atoms with van der Waals surface area (Å²) in [5, 5.41) is 0.942. The minimum absolute atomic E-state index is 0.128. The number of rotatable bonds is 9. The van der Waals surface area contributed by atoms with Gasteiger partial charge in [0.2, 0.25) is 5.91 Å². The fraction of sp³-hybridized carbons (Fsp3) is 0.625. The topological polar surface area (TPSA) is 73.5 Å². The first-order chi connectivity index (χ1) is 23.1. The van der Waals surface area contributed by atoms with Crippen LogP contribution in [0, 0.1) is 25.7 Å². The van der Waals surface area contributed by atoms with Gasteiger partial charge in [0, 0.05) is 34.7 Å². The SMILES string of the molecule is Cc1cc(C)cc(-c2[nH]c3sc(C(C)(C)C(=O)N4C5CCC4CC5)cc3c2C(=O)CN2CCC(CC(=O)C3CCCCSCC3)CC2)c1. The van der Waals surface area contributed by atoms with Gasteiger partial charge in [-0.1, -0.05) is 23.6 Å². The number of aromatic nitrogens is 1. The predicted octanol–water partition coefficient (Wildman–Crippen LogP) is 8.72. The first kappa shape index (κ1) is 34.0. The van der Waals surface area contributed by atoms with Gasteiger partial charge in [-0.25, -0.2) is 0 Å². The zero-order valence-corrected chi connectivity index (χ0v) is 31.0. The fourth-order valence-electron chi connectivity index (χ4n) is 9.06. The Kier molecular flexibility index (Phi) is 9.98. The Hall–Kier alpha value is -2.42. The van der Waals surface area contributed by atoms with E-state index < -0.39 is 5.41 Å². The van der Waals surface area contributed by atoms with Crippen molar-refractivity contribution in [1.29, 1.82) is 0 Å². The van der Waals surface area contributed by atoms with Crippen LogP contribution in [-0.2, 0) is 15.0 Å². The number of benzene rings is 1. The van der Waals surface area contributed by atoms with Crippen LogP contribution in [-0.4, -0.2) is 75.5 Å². The lowest BCUT2D eigenvalue weighted by Crippen LogP contribution is -2.45. The summed E-state index contributed by atoms with van der Waals surface area (Å²) in [5.74, 6) is 3.87. The average molecular weight is 688 g/mol. The third-order valence-corrected chi connectivity index (χ3v) is 14.3. The van der Waals surface area contributed by atoms with Crippen molar-refractivity contribution in [3.8, 4) is 11.3 Å². The molecule has 2 bridgehead atoms. The van der Waals surface area contributed by atoms with Crippen LogP contribution < -0.4 is 0 Å². The number of nitrogens with one attached hydrogen (secondary N) is 1. The van der Waals surface area contributed by atoms with Gasteiger partial charge in [-0.3, -0.25) is 19.3 Å². The normalized spacial score (nSPS) is 24.2. The molecule has 0 radical (unpaired) electrons. The second-order valence-electron chi connectivity index (χ2n) is 15.8. The maximum atomic E-state index is 14.4. The molecule has 48 heavy (non-hydrogen) atoms. The third-order valence-electron chi connectivity index (χ3n) is 11.8. The number of aryl methyl sites for hydroxylation is 2. The summed E-state index contributed by atoms with van der Waals surface area (Å²) in [4.78, 5) is 51.8. The molecule has 4 aliphatic rings. The number of fused-ring (bicyclic) bond motifs is 3. The summed E-state index contributed by atoms with van der Waals surface area (Å²) in [6, 6.07) is 9.41. The minimum Gasteiger partial charge on any atom is -0.346 e. The molecular formula is C40H53N3O3S2. The molecule has 4 fully saturated rings. The minimum atomic E-state index is -0.649. The van der Waals surface area contributed by atoms with Gasteiger partial charge in [0.25, 0.3) is 0 Å². The second-order valence-corrected chi connectivity index (χ2v) is 18.1. The van der Waals surface area contributed by atoms with Crippen LogP contribution in [0.2, 0.25) is 0 Å². The van der Waals surface area contributed by atoms with Crippen molar-refractivity contribution in [3.05, 3.63) is 45.8 Å². The molecule has 0 spiro atoms. The average Bonchev–Trinajstić information content (AvgIpc) is 3.81. The van der Waals surface area contributed by atoms with Crippen molar-refractivity contribution < 1.29 is 14.4 Å². The van der Waals surface area contributed by atoms with Gasteiger partial charge in [0.05, 0.1) is 23.2 Å². The summed E-state index contributed by atoms with van der Waals surface area (Å²) in [5.41, 5.74) is 4.37. The maximum absolute atomic E-state index is 14.4. The number of Topliss-reactive ketones (excluding diaryl/α,β-unsaturated/α-hetero) is 2. The molecule has 4 saturated heterocycles. The molecule has 1 N–H and O–H groups in total. The number of amides is 1. The smallest absolute Gasteiger partial charge is 0.233 e. The molecule has 1 amide bonds. The number of carbonyl (C=O) groups excluding carboxylic acids is 3. The number of aromatic amines is 1. The number of piperidine rings is 1. The Morgan fingerprint density at radius 1 is 0.854 bits per heavy atom. The molecule has 0 aliphatic carbocycles. The first-order valence-electron chi connectivity index (χ1n) is 18.5. The highest BCUT2D eigenvalue weighted by Gasteiger charge is 2.47. The fourth-order valence-corrected chi connectivity index (χ4v) is 11.3. The van der Waals surface area contributed by atoms with Gasteiger partial charge in [-0.2, -0.15) is 11.8 Å². The van der Waals surface area contributed by atoms with Gasteiger partial charge >= 0.3 is 0 Å². The number of ketones is 2. The van der Waals surface area contributed by atoms with Gasteiger partial charge in [0.15, 0.2) is 5.78 Å². The Labute approximate surface area is 294 Å². The molecule has 3 aromatic rings. The van der Waals surface area contributed by atoms with Crippen LogP contribution in [0.5, 0.6) is 0 Å². The lowest BCUT2D eigenvalue weighted by atomic mass is 9.85. The van der Waals surface area contributed by atoms with Crippen molar-refractivity contribution in [1.82, 2.24) is 14.8 Å². The van der Waals surface area contributed by atoms with Gasteiger partial charge in [-0.15, -0.1) is 11.3 Å². The van der Waals surface area contributed by atoms with Gasteiger partial charge in [-0.05, 0) is 140 Å². The van der Waals surface area contributed by atoms with Crippen LogP contribution in [0.3, 0.4) is 0 Å². The van der Waals surface area contributed by atoms with Crippen molar-refractivity contribution in [2.45, 2.75) is 116 Å². The van der Waals surface area contributed by atoms with E-state index in [1.54, 1.807) is 11.3 Å². The number of H-pyrrole nitrogens is 1. The van der Waals surface area contributed by atoms with E-state index in [1.807, 2.05) is 11.8 Å². The van der Waals surface area contributed by atoms with Crippen molar-refractivity contribution in [2.75, 3.05) is 31.1 Å². The Morgan fingerprint density at radius 2 is 1.54 bits per heavy atom. The molecule has 6 nitrogen and oxygen atoms in total. The van der Waals surface area contributed by atoms with Crippen molar-refractivity contribution in [2.24, 2.45) is 11.8 Å². The lowest BCUT2D eigenvalue weighted by molar-refractivity contribution is -0.137. The highest BCUT2D eigenvalue weighted by atomic mass is 32.2. The number of hydrogen-bond donors (Lipinski definition) is 1. The Balaban J connectivity index is 1.09. The van der Waals surface area contributed by atoms with Crippen LogP contribution in [0.1, 0.15) is 111 Å². The van der Waals surface area contributed by atoms with E-state index in [-0.39, 0.29) is 17.6 Å². The van der Waals surface area contributed by atoms with Crippen LogP contribution in [0.25, 0.3) is 21.5 Å². The standard InChI is InChI=1S/C40H53N3O3S2/c1-25-19-26(2)21-29(20-25)37-36(32-23-35(48-38(32)41-37)40(3,4)39(46)43-30-8-9-31(43)11-10-30)34(45)24-42-15-12-27(13-16-42)22-33(44)28-7-5-6-17-47-18-14-28/h19-21,23,27-28,30-31,41H,5-18,22,24H2,1-4H3. The summed E-state index contributed by atoms with van der Waals surface area (Å²) in [6.07, 6.45) is 11.7.